The Kier molecular flexibility index (Phi) is 3.23. The first kappa shape index (κ1) is 13.8. The van der Waals surface area contributed by atoms with Crippen molar-refractivity contribution in [2.24, 2.45) is 4.99 Å². The lowest BCUT2D eigenvalue weighted by molar-refractivity contribution is 0.414. The van der Waals surface area contributed by atoms with Crippen LogP contribution >= 0.6 is 0 Å². The van der Waals surface area contributed by atoms with E-state index in [2.05, 4.69) is 60.8 Å². The molecule has 1 atom stereocenters. The molecule has 0 saturated heterocycles. The SMILES string of the molecule is COc1ccc(C2(c3ccccc3)C=Nc3ccccc32)cc1. The molecule has 0 saturated carbocycles. The molecule has 0 fully saturated rings. The number of fused-ring (bicyclic) bond motifs is 1. The molecule has 0 aromatic heterocycles. The lowest BCUT2D eigenvalue weighted by Crippen LogP contribution is -2.28. The molecule has 2 heteroatoms. The minimum Gasteiger partial charge on any atom is -0.497 e. The maximum atomic E-state index is 5.31. The van der Waals surface area contributed by atoms with Crippen molar-refractivity contribution in [2.45, 2.75) is 5.41 Å². The summed E-state index contributed by atoms with van der Waals surface area (Å²) in [7, 11) is 1.69. The Labute approximate surface area is 136 Å². The first-order valence-corrected chi connectivity index (χ1v) is 7.69. The summed E-state index contributed by atoms with van der Waals surface area (Å²) in [5, 5.41) is 0. The van der Waals surface area contributed by atoms with E-state index in [1.165, 1.54) is 16.7 Å². The molecule has 0 N–H and O–H groups in total. The summed E-state index contributed by atoms with van der Waals surface area (Å²) in [5.41, 5.74) is 4.32. The summed E-state index contributed by atoms with van der Waals surface area (Å²) in [5.74, 6) is 0.861. The molecule has 4 rings (SSSR count). The molecule has 3 aromatic carbocycles. The van der Waals surface area contributed by atoms with Crippen LogP contribution in [0.3, 0.4) is 0 Å². The van der Waals surface area contributed by atoms with Crippen LogP contribution in [0, 0.1) is 0 Å². The van der Waals surface area contributed by atoms with Gasteiger partial charge in [-0.2, -0.15) is 0 Å². The van der Waals surface area contributed by atoms with Crippen LogP contribution < -0.4 is 4.74 Å². The summed E-state index contributed by atoms with van der Waals surface area (Å²) in [6.45, 7) is 0. The number of aliphatic imine (C=N–C) groups is 1. The Bertz CT molecular complexity index is 853. The van der Waals surface area contributed by atoms with E-state index in [1.807, 2.05) is 24.3 Å². The zero-order valence-corrected chi connectivity index (χ0v) is 12.9. The Balaban J connectivity index is 1.98. The molecule has 1 aliphatic heterocycles. The highest BCUT2D eigenvalue weighted by molar-refractivity contribution is 5.93. The lowest BCUT2D eigenvalue weighted by atomic mass is 9.71. The second-order valence-corrected chi connectivity index (χ2v) is 5.68. The van der Waals surface area contributed by atoms with Gasteiger partial charge in [0.05, 0.1) is 18.2 Å². The van der Waals surface area contributed by atoms with E-state index in [0.29, 0.717) is 0 Å². The second kappa shape index (κ2) is 5.40. The zero-order chi connectivity index (χ0) is 15.7. The molecule has 1 heterocycles. The van der Waals surface area contributed by atoms with Gasteiger partial charge in [-0.05, 0) is 34.9 Å². The predicted octanol–water partition coefficient (Wildman–Crippen LogP) is 4.75. The molecule has 1 unspecified atom stereocenters. The van der Waals surface area contributed by atoms with Gasteiger partial charge in [0.25, 0.3) is 0 Å². The number of hydrogen-bond acceptors (Lipinski definition) is 2. The second-order valence-electron chi connectivity index (χ2n) is 5.68. The van der Waals surface area contributed by atoms with Crippen LogP contribution in [0.5, 0.6) is 5.75 Å². The third kappa shape index (κ3) is 2.07. The Hall–Kier alpha value is -2.87. The predicted molar refractivity (Wildman–Crippen MR) is 93.9 cm³/mol. The first-order valence-electron chi connectivity index (χ1n) is 7.69. The van der Waals surface area contributed by atoms with Crippen molar-refractivity contribution in [3.05, 3.63) is 95.6 Å². The van der Waals surface area contributed by atoms with Gasteiger partial charge in [0.1, 0.15) is 5.75 Å². The van der Waals surface area contributed by atoms with Crippen LogP contribution in [0.1, 0.15) is 16.7 Å². The molecule has 2 nitrogen and oxygen atoms in total. The number of para-hydroxylation sites is 1. The molecule has 0 spiro atoms. The van der Waals surface area contributed by atoms with E-state index in [9.17, 15) is 0 Å². The number of methoxy groups -OCH3 is 1. The zero-order valence-electron chi connectivity index (χ0n) is 12.9. The van der Waals surface area contributed by atoms with Crippen molar-refractivity contribution >= 4 is 11.9 Å². The number of rotatable bonds is 3. The monoisotopic (exact) mass is 299 g/mol. The molecular formula is C21H17NO. The number of benzene rings is 3. The highest BCUT2D eigenvalue weighted by atomic mass is 16.5. The van der Waals surface area contributed by atoms with Gasteiger partial charge in [-0.25, -0.2) is 0 Å². The van der Waals surface area contributed by atoms with E-state index < -0.39 is 0 Å². The normalized spacial score (nSPS) is 18.7. The molecular weight excluding hydrogens is 282 g/mol. The largest absolute Gasteiger partial charge is 0.497 e. The maximum Gasteiger partial charge on any atom is 0.118 e. The van der Waals surface area contributed by atoms with Gasteiger partial charge in [-0.3, -0.25) is 4.99 Å². The van der Waals surface area contributed by atoms with Crippen molar-refractivity contribution in [1.29, 1.82) is 0 Å². The van der Waals surface area contributed by atoms with Gasteiger partial charge < -0.3 is 4.74 Å². The average molecular weight is 299 g/mol. The van der Waals surface area contributed by atoms with Crippen molar-refractivity contribution in [2.75, 3.05) is 7.11 Å². The lowest BCUT2D eigenvalue weighted by Gasteiger charge is -2.29. The summed E-state index contributed by atoms with van der Waals surface area (Å²) in [4.78, 5) is 4.69. The Morgan fingerprint density at radius 3 is 2.13 bits per heavy atom. The van der Waals surface area contributed by atoms with E-state index in [1.54, 1.807) is 7.11 Å². The molecule has 0 bridgehead atoms. The summed E-state index contributed by atoms with van der Waals surface area (Å²) < 4.78 is 5.31. The van der Waals surface area contributed by atoms with Crippen molar-refractivity contribution in [3.63, 3.8) is 0 Å². The highest BCUT2D eigenvalue weighted by Crippen LogP contribution is 2.46. The van der Waals surface area contributed by atoms with Gasteiger partial charge in [0, 0.05) is 6.21 Å². The minimum atomic E-state index is -0.343. The topological polar surface area (TPSA) is 21.6 Å². The fraction of sp³-hybridized carbons (Fsp3) is 0.0952. The third-order valence-electron chi connectivity index (χ3n) is 4.50. The van der Waals surface area contributed by atoms with Gasteiger partial charge >= 0.3 is 0 Å². The summed E-state index contributed by atoms with van der Waals surface area (Å²) in [6, 6.07) is 27.1. The van der Waals surface area contributed by atoms with E-state index in [0.717, 1.165) is 11.4 Å². The van der Waals surface area contributed by atoms with E-state index in [4.69, 9.17) is 9.73 Å². The van der Waals surface area contributed by atoms with Gasteiger partial charge in [-0.15, -0.1) is 0 Å². The fourth-order valence-electron chi connectivity index (χ4n) is 3.34. The molecule has 112 valence electrons. The molecule has 1 aliphatic rings. The van der Waals surface area contributed by atoms with Crippen LogP contribution in [-0.2, 0) is 5.41 Å². The molecule has 23 heavy (non-hydrogen) atoms. The quantitative estimate of drug-likeness (QED) is 0.684. The molecule has 0 amide bonds. The van der Waals surface area contributed by atoms with Crippen molar-refractivity contribution < 1.29 is 4.74 Å². The molecule has 0 aliphatic carbocycles. The Morgan fingerprint density at radius 1 is 0.739 bits per heavy atom. The molecule has 0 radical (unpaired) electrons. The van der Waals surface area contributed by atoms with Gasteiger partial charge in [0.15, 0.2) is 0 Å². The molecule has 3 aromatic rings. The van der Waals surface area contributed by atoms with Crippen molar-refractivity contribution in [1.82, 2.24) is 0 Å². The van der Waals surface area contributed by atoms with Crippen LogP contribution in [0.15, 0.2) is 83.9 Å². The standard InChI is InChI=1S/C21H17NO/c1-23-18-13-11-17(12-14-18)21(16-7-3-2-4-8-16)15-22-20-10-6-5-9-19(20)21/h2-15H,1H3. The van der Waals surface area contributed by atoms with Gasteiger partial charge in [0.2, 0.25) is 0 Å². The third-order valence-corrected chi connectivity index (χ3v) is 4.50. The van der Waals surface area contributed by atoms with Crippen molar-refractivity contribution in [3.8, 4) is 5.75 Å². The van der Waals surface area contributed by atoms with Crippen LogP contribution in [0.4, 0.5) is 5.69 Å². The maximum absolute atomic E-state index is 5.31. The smallest absolute Gasteiger partial charge is 0.118 e. The van der Waals surface area contributed by atoms with Gasteiger partial charge in [-0.1, -0.05) is 60.7 Å². The summed E-state index contributed by atoms with van der Waals surface area (Å²) in [6.07, 6.45) is 2.06. The number of nitrogens with zero attached hydrogens (tertiary/aromatic N) is 1. The van der Waals surface area contributed by atoms with Crippen LogP contribution in [0.2, 0.25) is 0 Å². The van der Waals surface area contributed by atoms with Crippen LogP contribution in [-0.4, -0.2) is 13.3 Å². The number of hydrogen-bond donors (Lipinski definition) is 0. The van der Waals surface area contributed by atoms with Crippen LogP contribution in [0.25, 0.3) is 0 Å². The number of ether oxygens (including phenoxy) is 1. The first-order chi connectivity index (χ1) is 11.3. The summed E-state index contributed by atoms with van der Waals surface area (Å²) >= 11 is 0. The fourth-order valence-corrected chi connectivity index (χ4v) is 3.34. The van der Waals surface area contributed by atoms with E-state index in [-0.39, 0.29) is 5.41 Å². The van der Waals surface area contributed by atoms with E-state index >= 15 is 0 Å². The minimum absolute atomic E-state index is 0.343. The highest BCUT2D eigenvalue weighted by Gasteiger charge is 2.39. The average Bonchev–Trinajstić information content (AvgIpc) is 3.03. The Morgan fingerprint density at radius 2 is 1.39 bits per heavy atom.